The summed E-state index contributed by atoms with van der Waals surface area (Å²) in [5, 5.41) is 0.936. The smallest absolute Gasteiger partial charge is 0.258 e. The first-order valence-corrected chi connectivity index (χ1v) is 11.2. The zero-order valence-corrected chi connectivity index (χ0v) is 18.7. The van der Waals surface area contributed by atoms with Crippen LogP contribution in [0.3, 0.4) is 0 Å². The lowest BCUT2D eigenvalue weighted by molar-refractivity contribution is -0.117. The Kier molecular flexibility index (Phi) is 5.38. The Labute approximate surface area is 193 Å². The number of carbonyl (C=O) groups excluding carboxylic acids is 2. The summed E-state index contributed by atoms with van der Waals surface area (Å²) in [6.07, 6.45) is 2.40. The van der Waals surface area contributed by atoms with Crippen molar-refractivity contribution in [1.29, 1.82) is 0 Å². The molecule has 5 nitrogen and oxygen atoms in total. The minimum absolute atomic E-state index is 0.0185. The molecule has 1 aliphatic rings. The van der Waals surface area contributed by atoms with Crippen LogP contribution < -0.4 is 9.80 Å². The summed E-state index contributed by atoms with van der Waals surface area (Å²) in [5.41, 5.74) is 4.17. The van der Waals surface area contributed by atoms with Crippen LogP contribution in [0.2, 0.25) is 0 Å². The van der Waals surface area contributed by atoms with E-state index in [4.69, 9.17) is 0 Å². The lowest BCUT2D eigenvalue weighted by Gasteiger charge is -2.43. The number of carbonyl (C=O) groups is 2. The van der Waals surface area contributed by atoms with Gasteiger partial charge in [0.25, 0.3) is 5.91 Å². The summed E-state index contributed by atoms with van der Waals surface area (Å²) in [7, 11) is 0. The predicted octanol–water partition coefficient (Wildman–Crippen LogP) is 5.77. The maximum atomic E-state index is 13.7. The summed E-state index contributed by atoms with van der Waals surface area (Å²) >= 11 is 0. The van der Waals surface area contributed by atoms with E-state index >= 15 is 0 Å². The molecule has 5 rings (SSSR count). The van der Waals surface area contributed by atoms with Crippen LogP contribution in [0.4, 0.5) is 11.4 Å². The van der Waals surface area contributed by atoms with E-state index in [-0.39, 0.29) is 23.9 Å². The van der Waals surface area contributed by atoms with Gasteiger partial charge in [0.2, 0.25) is 5.91 Å². The van der Waals surface area contributed by atoms with Gasteiger partial charge in [0.05, 0.1) is 11.6 Å². The molecule has 2 amide bonds. The number of nitrogens with zero attached hydrogens (tertiary/aromatic N) is 3. The molecule has 2 heterocycles. The first-order chi connectivity index (χ1) is 16.0. The van der Waals surface area contributed by atoms with Crippen LogP contribution in [-0.2, 0) is 4.79 Å². The number of hydrogen-bond donors (Lipinski definition) is 0. The summed E-state index contributed by atoms with van der Waals surface area (Å²) in [5.74, 6) is -0.0664. The quantitative estimate of drug-likeness (QED) is 0.411. The molecule has 4 aromatic rings. The third-order valence-electron chi connectivity index (χ3n) is 6.31. The van der Waals surface area contributed by atoms with Crippen LogP contribution in [0.15, 0.2) is 91.1 Å². The van der Waals surface area contributed by atoms with Crippen molar-refractivity contribution in [1.82, 2.24) is 4.98 Å². The number of fused-ring (bicyclic) bond motifs is 2. The Hall–Kier alpha value is -3.99. The zero-order chi connectivity index (χ0) is 22.9. The van der Waals surface area contributed by atoms with Crippen LogP contribution in [0.1, 0.15) is 42.2 Å². The van der Waals surface area contributed by atoms with Crippen molar-refractivity contribution >= 4 is 34.1 Å². The normalized spacial score (nSPS) is 17.5. The fraction of sp³-hybridized carbons (Fsp3) is 0.179. The molecule has 0 aliphatic carbocycles. The number of benzene rings is 3. The molecule has 0 saturated heterocycles. The molecule has 33 heavy (non-hydrogen) atoms. The maximum absolute atomic E-state index is 13.7. The SMILES string of the molecule is CC(=O)N(c1ccccc1)[C@@H]1C[C@H](C)N(C(=O)c2ccc3ncccc3c2)c2ccccc21. The fourth-order valence-electron chi connectivity index (χ4n) is 4.85. The van der Waals surface area contributed by atoms with Gasteiger partial charge in [-0.2, -0.15) is 0 Å². The highest BCUT2D eigenvalue weighted by Gasteiger charge is 2.38. The largest absolute Gasteiger partial charge is 0.305 e. The summed E-state index contributed by atoms with van der Waals surface area (Å²) in [6.45, 7) is 3.65. The molecular formula is C28H25N3O2. The molecule has 3 aromatic carbocycles. The second-order valence-electron chi connectivity index (χ2n) is 8.47. The van der Waals surface area contributed by atoms with Crippen molar-refractivity contribution in [2.24, 2.45) is 0 Å². The van der Waals surface area contributed by atoms with Crippen molar-refractivity contribution in [2.75, 3.05) is 9.80 Å². The molecule has 0 saturated carbocycles. The Morgan fingerprint density at radius 2 is 1.70 bits per heavy atom. The van der Waals surface area contributed by atoms with Crippen LogP contribution in [0.5, 0.6) is 0 Å². The van der Waals surface area contributed by atoms with Crippen LogP contribution in [0, 0.1) is 0 Å². The van der Waals surface area contributed by atoms with Crippen molar-refractivity contribution in [3.63, 3.8) is 0 Å². The summed E-state index contributed by atoms with van der Waals surface area (Å²) in [4.78, 5) is 34.6. The highest BCUT2D eigenvalue weighted by molar-refractivity contribution is 6.09. The monoisotopic (exact) mass is 435 g/mol. The van der Waals surface area contributed by atoms with E-state index in [0.717, 1.165) is 27.8 Å². The average molecular weight is 436 g/mol. The second-order valence-corrected chi connectivity index (χ2v) is 8.47. The molecule has 0 unspecified atom stereocenters. The minimum atomic E-state index is -0.152. The summed E-state index contributed by atoms with van der Waals surface area (Å²) in [6, 6.07) is 26.9. The molecular weight excluding hydrogens is 410 g/mol. The molecule has 0 N–H and O–H groups in total. The van der Waals surface area contributed by atoms with Crippen molar-refractivity contribution < 1.29 is 9.59 Å². The van der Waals surface area contributed by atoms with Gasteiger partial charge in [0.1, 0.15) is 0 Å². The van der Waals surface area contributed by atoms with E-state index in [0.29, 0.717) is 12.0 Å². The van der Waals surface area contributed by atoms with Gasteiger partial charge in [-0.3, -0.25) is 14.6 Å². The molecule has 5 heteroatoms. The van der Waals surface area contributed by atoms with Gasteiger partial charge < -0.3 is 9.80 Å². The maximum Gasteiger partial charge on any atom is 0.258 e. The van der Waals surface area contributed by atoms with E-state index in [2.05, 4.69) is 4.98 Å². The topological polar surface area (TPSA) is 53.5 Å². The highest BCUT2D eigenvalue weighted by atomic mass is 16.2. The van der Waals surface area contributed by atoms with E-state index in [1.54, 1.807) is 13.1 Å². The highest BCUT2D eigenvalue weighted by Crippen LogP contribution is 2.42. The number of aromatic nitrogens is 1. The van der Waals surface area contributed by atoms with Gasteiger partial charge in [0, 0.05) is 41.5 Å². The Morgan fingerprint density at radius 3 is 2.48 bits per heavy atom. The van der Waals surface area contributed by atoms with E-state index in [1.807, 2.05) is 102 Å². The van der Waals surface area contributed by atoms with Crippen molar-refractivity contribution in [3.8, 4) is 0 Å². The van der Waals surface area contributed by atoms with Crippen molar-refractivity contribution in [3.05, 3.63) is 102 Å². The first kappa shape index (κ1) is 20.9. The first-order valence-electron chi connectivity index (χ1n) is 11.2. The van der Waals surface area contributed by atoms with Gasteiger partial charge in [0.15, 0.2) is 0 Å². The number of para-hydroxylation sites is 2. The van der Waals surface area contributed by atoms with Crippen molar-refractivity contribution in [2.45, 2.75) is 32.4 Å². The number of hydrogen-bond acceptors (Lipinski definition) is 3. The third-order valence-corrected chi connectivity index (χ3v) is 6.31. The number of amides is 2. The van der Waals surface area contributed by atoms with Crippen LogP contribution >= 0.6 is 0 Å². The molecule has 1 aromatic heterocycles. The van der Waals surface area contributed by atoms with Gasteiger partial charge in [-0.25, -0.2) is 0 Å². The third kappa shape index (κ3) is 3.76. The number of anilines is 2. The molecule has 0 fully saturated rings. The van der Waals surface area contributed by atoms with Gasteiger partial charge in [-0.05, 0) is 61.4 Å². The molecule has 2 atom stereocenters. The van der Waals surface area contributed by atoms with Gasteiger partial charge in [-0.1, -0.05) is 42.5 Å². The van der Waals surface area contributed by atoms with E-state index < -0.39 is 0 Å². The van der Waals surface area contributed by atoms with Gasteiger partial charge >= 0.3 is 0 Å². The molecule has 164 valence electrons. The Morgan fingerprint density at radius 1 is 0.939 bits per heavy atom. The van der Waals surface area contributed by atoms with Crippen LogP contribution in [0.25, 0.3) is 10.9 Å². The average Bonchev–Trinajstić information content (AvgIpc) is 2.84. The molecule has 1 aliphatic heterocycles. The van der Waals surface area contributed by atoms with E-state index in [1.165, 1.54) is 0 Å². The molecule has 0 bridgehead atoms. The molecule has 0 radical (unpaired) electrons. The standard InChI is InChI=1S/C28H25N3O2/c1-19-17-27(31(20(2)32)23-10-4-3-5-11-23)24-12-6-7-13-26(24)30(19)28(33)22-14-15-25-21(18-22)9-8-16-29-25/h3-16,18-19,27H,17H2,1-2H3/t19-,27+/m0/s1. The molecule has 0 spiro atoms. The number of pyridine rings is 1. The predicted molar refractivity (Wildman–Crippen MR) is 131 cm³/mol. The number of rotatable bonds is 3. The zero-order valence-electron chi connectivity index (χ0n) is 18.7. The lowest BCUT2D eigenvalue weighted by atomic mass is 9.89. The summed E-state index contributed by atoms with van der Waals surface area (Å²) < 4.78 is 0. The van der Waals surface area contributed by atoms with E-state index in [9.17, 15) is 9.59 Å². The fourth-order valence-corrected chi connectivity index (χ4v) is 4.85. The Balaban J connectivity index is 1.57. The second kappa shape index (κ2) is 8.51. The lowest BCUT2D eigenvalue weighted by Crippen LogP contribution is -2.47. The van der Waals surface area contributed by atoms with Gasteiger partial charge in [-0.15, -0.1) is 0 Å². The Bertz CT molecular complexity index is 1340. The van der Waals surface area contributed by atoms with Crippen LogP contribution in [-0.4, -0.2) is 22.8 Å². The minimum Gasteiger partial charge on any atom is -0.305 e.